The fourth-order valence-corrected chi connectivity index (χ4v) is 2.91. The van der Waals surface area contributed by atoms with Gasteiger partial charge in [-0.25, -0.2) is 4.79 Å². The molecule has 5 nitrogen and oxygen atoms in total. The van der Waals surface area contributed by atoms with Gasteiger partial charge in [0.05, 0.1) is 5.56 Å². The van der Waals surface area contributed by atoms with E-state index in [1.807, 2.05) is 11.8 Å². The van der Waals surface area contributed by atoms with Crippen LogP contribution in [-0.2, 0) is 4.79 Å². The zero-order valence-corrected chi connectivity index (χ0v) is 11.0. The summed E-state index contributed by atoms with van der Waals surface area (Å²) >= 11 is 1.83. The van der Waals surface area contributed by atoms with Crippen molar-refractivity contribution >= 4 is 29.7 Å². The maximum atomic E-state index is 12.0. The number of thioether (sulfide) groups is 1. The first-order valence-electron chi connectivity index (χ1n) is 5.90. The van der Waals surface area contributed by atoms with E-state index in [0.717, 1.165) is 24.0 Å². The lowest BCUT2D eigenvalue weighted by Gasteiger charge is -2.11. The normalized spacial score (nSPS) is 18.6. The molecule has 0 aliphatic carbocycles. The highest BCUT2D eigenvalue weighted by molar-refractivity contribution is 7.99. The van der Waals surface area contributed by atoms with Gasteiger partial charge in [0.15, 0.2) is 0 Å². The van der Waals surface area contributed by atoms with Crippen molar-refractivity contribution in [2.24, 2.45) is 0 Å². The molecule has 1 aromatic heterocycles. The van der Waals surface area contributed by atoms with Gasteiger partial charge >= 0.3 is 5.97 Å². The first-order valence-corrected chi connectivity index (χ1v) is 7.05. The Morgan fingerprint density at radius 3 is 3.00 bits per heavy atom. The predicted molar refractivity (Wildman–Crippen MR) is 74.1 cm³/mol. The lowest BCUT2D eigenvalue weighted by atomic mass is 10.1. The SMILES string of the molecule is O=C(O)/C=C/c1cncc(C(=O)NC2CCSC2)c1. The van der Waals surface area contributed by atoms with Crippen LogP contribution in [0, 0.1) is 0 Å². The third-order valence-corrected chi connectivity index (χ3v) is 3.87. The minimum absolute atomic E-state index is 0.162. The highest BCUT2D eigenvalue weighted by atomic mass is 32.2. The van der Waals surface area contributed by atoms with E-state index < -0.39 is 5.97 Å². The number of carbonyl (C=O) groups is 2. The molecule has 1 amide bonds. The molecule has 1 saturated heterocycles. The zero-order chi connectivity index (χ0) is 13.7. The average Bonchev–Trinajstić information content (AvgIpc) is 2.89. The monoisotopic (exact) mass is 278 g/mol. The van der Waals surface area contributed by atoms with Crippen LogP contribution in [0.1, 0.15) is 22.3 Å². The van der Waals surface area contributed by atoms with Gasteiger partial charge in [-0.05, 0) is 29.9 Å². The van der Waals surface area contributed by atoms with Crippen LogP contribution in [0.5, 0.6) is 0 Å². The van der Waals surface area contributed by atoms with Crippen LogP contribution >= 0.6 is 11.8 Å². The lowest BCUT2D eigenvalue weighted by Crippen LogP contribution is -2.34. The smallest absolute Gasteiger partial charge is 0.328 e. The molecule has 1 aromatic rings. The second kappa shape index (κ2) is 6.38. The number of carbonyl (C=O) groups excluding carboxylic acids is 1. The molecule has 0 radical (unpaired) electrons. The third-order valence-electron chi connectivity index (χ3n) is 2.70. The van der Waals surface area contributed by atoms with Crippen LogP contribution in [0.15, 0.2) is 24.5 Å². The summed E-state index contributed by atoms with van der Waals surface area (Å²) in [5, 5.41) is 11.5. The van der Waals surface area contributed by atoms with Crippen molar-refractivity contribution in [1.29, 1.82) is 0 Å². The maximum Gasteiger partial charge on any atom is 0.328 e. The lowest BCUT2D eigenvalue weighted by molar-refractivity contribution is -0.131. The van der Waals surface area contributed by atoms with E-state index in [1.165, 1.54) is 18.5 Å². The van der Waals surface area contributed by atoms with Crippen LogP contribution in [0.3, 0.4) is 0 Å². The molecular weight excluding hydrogens is 264 g/mol. The van der Waals surface area contributed by atoms with Crippen molar-refractivity contribution in [3.8, 4) is 0 Å². The average molecular weight is 278 g/mol. The number of hydrogen-bond acceptors (Lipinski definition) is 4. The summed E-state index contributed by atoms with van der Waals surface area (Å²) in [5.74, 6) is 0.825. The summed E-state index contributed by atoms with van der Waals surface area (Å²) in [6, 6.07) is 1.85. The van der Waals surface area contributed by atoms with Gasteiger partial charge in [-0.15, -0.1) is 0 Å². The molecule has 1 fully saturated rings. The van der Waals surface area contributed by atoms with E-state index in [4.69, 9.17) is 5.11 Å². The number of amides is 1. The Morgan fingerprint density at radius 2 is 2.32 bits per heavy atom. The largest absolute Gasteiger partial charge is 0.478 e. The zero-order valence-electron chi connectivity index (χ0n) is 10.2. The molecule has 6 heteroatoms. The second-order valence-corrected chi connectivity index (χ2v) is 5.36. The van der Waals surface area contributed by atoms with Crippen LogP contribution in [0.4, 0.5) is 0 Å². The van der Waals surface area contributed by atoms with Gasteiger partial charge in [-0.3, -0.25) is 9.78 Å². The number of nitrogens with one attached hydrogen (secondary N) is 1. The first kappa shape index (κ1) is 13.6. The standard InChI is InChI=1S/C13H14N2O3S/c16-12(17)2-1-9-5-10(7-14-6-9)13(18)15-11-3-4-19-8-11/h1-2,5-7,11H,3-4,8H2,(H,15,18)(H,16,17)/b2-1+. The third kappa shape index (κ3) is 4.10. The number of aliphatic carboxylic acids is 1. The van der Waals surface area contributed by atoms with E-state index in [0.29, 0.717) is 11.1 Å². The molecular formula is C13H14N2O3S. The Balaban J connectivity index is 2.04. The highest BCUT2D eigenvalue weighted by Crippen LogP contribution is 2.17. The van der Waals surface area contributed by atoms with Gasteiger partial charge in [0.25, 0.3) is 5.91 Å². The number of hydrogen-bond donors (Lipinski definition) is 2. The van der Waals surface area contributed by atoms with Crippen molar-refractivity contribution in [2.45, 2.75) is 12.5 Å². The molecule has 0 bridgehead atoms. The summed E-state index contributed by atoms with van der Waals surface area (Å²) < 4.78 is 0. The Kier molecular flexibility index (Phi) is 4.57. The van der Waals surface area contributed by atoms with Gasteiger partial charge in [-0.1, -0.05) is 0 Å². The summed E-state index contributed by atoms with van der Waals surface area (Å²) in [4.78, 5) is 26.4. The molecule has 19 heavy (non-hydrogen) atoms. The molecule has 0 aromatic carbocycles. The van der Waals surface area contributed by atoms with Crippen LogP contribution in [0.2, 0.25) is 0 Å². The fraction of sp³-hybridized carbons (Fsp3) is 0.308. The van der Waals surface area contributed by atoms with E-state index in [-0.39, 0.29) is 11.9 Å². The predicted octanol–water partition coefficient (Wildman–Crippen LogP) is 1.41. The van der Waals surface area contributed by atoms with Crippen molar-refractivity contribution < 1.29 is 14.7 Å². The molecule has 0 spiro atoms. The maximum absolute atomic E-state index is 12.0. The number of aromatic nitrogens is 1. The number of nitrogens with zero attached hydrogens (tertiary/aromatic N) is 1. The first-order chi connectivity index (χ1) is 9.15. The molecule has 1 unspecified atom stereocenters. The summed E-state index contributed by atoms with van der Waals surface area (Å²) in [7, 11) is 0. The van der Waals surface area contributed by atoms with Gasteiger partial charge in [-0.2, -0.15) is 11.8 Å². The second-order valence-electron chi connectivity index (χ2n) is 4.21. The Morgan fingerprint density at radius 1 is 1.47 bits per heavy atom. The number of pyridine rings is 1. The topological polar surface area (TPSA) is 79.3 Å². The van der Waals surface area contributed by atoms with Gasteiger partial charge < -0.3 is 10.4 Å². The van der Waals surface area contributed by atoms with Crippen molar-refractivity contribution in [3.05, 3.63) is 35.7 Å². The summed E-state index contributed by atoms with van der Waals surface area (Å²) in [6.07, 6.45) is 6.42. The quantitative estimate of drug-likeness (QED) is 0.814. The highest BCUT2D eigenvalue weighted by Gasteiger charge is 2.18. The number of rotatable bonds is 4. The Labute approximate surface area is 115 Å². The molecule has 1 aliphatic rings. The molecule has 2 rings (SSSR count). The van der Waals surface area contributed by atoms with Gasteiger partial charge in [0.1, 0.15) is 0 Å². The van der Waals surface area contributed by atoms with E-state index in [2.05, 4.69) is 10.3 Å². The Hall–Kier alpha value is -1.82. The molecule has 2 heterocycles. The van der Waals surface area contributed by atoms with Crippen LogP contribution in [0.25, 0.3) is 6.08 Å². The molecule has 2 N–H and O–H groups in total. The van der Waals surface area contributed by atoms with Gasteiger partial charge in [0.2, 0.25) is 0 Å². The summed E-state index contributed by atoms with van der Waals surface area (Å²) in [6.45, 7) is 0. The number of carboxylic acid groups (broad SMARTS) is 1. The van der Waals surface area contributed by atoms with Crippen LogP contribution in [-0.4, -0.2) is 39.5 Å². The molecule has 0 saturated carbocycles. The van der Waals surface area contributed by atoms with E-state index >= 15 is 0 Å². The van der Waals surface area contributed by atoms with E-state index in [1.54, 1.807) is 6.07 Å². The minimum Gasteiger partial charge on any atom is -0.478 e. The number of carboxylic acids is 1. The fourth-order valence-electron chi connectivity index (χ4n) is 1.76. The Bertz CT molecular complexity index is 510. The minimum atomic E-state index is -1.03. The summed E-state index contributed by atoms with van der Waals surface area (Å²) in [5.41, 5.74) is 1.04. The molecule has 1 atom stereocenters. The van der Waals surface area contributed by atoms with E-state index in [9.17, 15) is 9.59 Å². The van der Waals surface area contributed by atoms with Gasteiger partial charge in [0, 0.05) is 30.3 Å². The molecule has 100 valence electrons. The van der Waals surface area contributed by atoms with Crippen molar-refractivity contribution in [1.82, 2.24) is 10.3 Å². The molecule has 1 aliphatic heterocycles. The van der Waals surface area contributed by atoms with Crippen LogP contribution < -0.4 is 5.32 Å². The van der Waals surface area contributed by atoms with Crippen molar-refractivity contribution in [3.63, 3.8) is 0 Å². The van der Waals surface area contributed by atoms with Crippen molar-refractivity contribution in [2.75, 3.05) is 11.5 Å².